The molecule has 6 heteroatoms. The average Bonchev–Trinajstić information content (AvgIpc) is 2.97. The van der Waals surface area contributed by atoms with E-state index in [9.17, 15) is 0 Å². The first kappa shape index (κ1) is 12.3. The summed E-state index contributed by atoms with van der Waals surface area (Å²) in [5, 5.41) is 8.07. The summed E-state index contributed by atoms with van der Waals surface area (Å²) in [6.45, 7) is 2.08. The van der Waals surface area contributed by atoms with Crippen LogP contribution in [0.2, 0.25) is 0 Å². The Morgan fingerprint density at radius 1 is 1.05 bits per heavy atom. The summed E-state index contributed by atoms with van der Waals surface area (Å²) in [6.07, 6.45) is 3.94. The highest BCUT2D eigenvalue weighted by Gasteiger charge is 2.15. The zero-order valence-corrected chi connectivity index (χ0v) is 10.9. The van der Waals surface area contributed by atoms with Crippen LogP contribution in [0.5, 0.6) is 0 Å². The number of hydrogen-bond acceptors (Lipinski definition) is 6. The van der Waals surface area contributed by atoms with Crippen LogP contribution >= 0.6 is 0 Å². The predicted molar refractivity (Wildman–Crippen MR) is 74.6 cm³/mol. The summed E-state index contributed by atoms with van der Waals surface area (Å²) < 4.78 is 5.67. The molecule has 0 unspecified atom stereocenters. The fourth-order valence-electron chi connectivity index (χ4n) is 1.98. The van der Waals surface area contributed by atoms with Crippen LogP contribution in [0.3, 0.4) is 0 Å². The Balaban J connectivity index is 2.05. The van der Waals surface area contributed by atoms with Gasteiger partial charge in [-0.3, -0.25) is 0 Å². The van der Waals surface area contributed by atoms with Crippen molar-refractivity contribution in [2.24, 2.45) is 0 Å². The highest BCUT2D eigenvalue weighted by molar-refractivity contribution is 5.64. The van der Waals surface area contributed by atoms with Gasteiger partial charge >= 0.3 is 0 Å². The van der Waals surface area contributed by atoms with Gasteiger partial charge in [-0.15, -0.1) is 10.2 Å². The Morgan fingerprint density at radius 3 is 2.60 bits per heavy atom. The quantitative estimate of drug-likeness (QED) is 0.783. The molecule has 2 heterocycles. The van der Waals surface area contributed by atoms with Crippen LogP contribution in [0.1, 0.15) is 12.5 Å². The van der Waals surface area contributed by atoms with Gasteiger partial charge in [0.2, 0.25) is 5.89 Å². The van der Waals surface area contributed by atoms with Gasteiger partial charge in [-0.1, -0.05) is 25.1 Å². The Morgan fingerprint density at radius 2 is 1.80 bits per heavy atom. The number of nitrogen functional groups attached to an aromatic ring is 1. The largest absolute Gasteiger partial charge is 0.414 e. The third kappa shape index (κ3) is 2.11. The van der Waals surface area contributed by atoms with E-state index in [2.05, 4.69) is 27.1 Å². The van der Waals surface area contributed by atoms with Crippen molar-refractivity contribution in [1.82, 2.24) is 20.2 Å². The van der Waals surface area contributed by atoms with Crippen LogP contribution in [0.4, 0.5) is 5.82 Å². The van der Waals surface area contributed by atoms with Crippen molar-refractivity contribution < 1.29 is 4.42 Å². The van der Waals surface area contributed by atoms with Gasteiger partial charge in [-0.25, -0.2) is 9.97 Å². The van der Waals surface area contributed by atoms with Crippen molar-refractivity contribution in [3.8, 4) is 23.0 Å². The third-order valence-electron chi connectivity index (χ3n) is 2.98. The molecule has 0 spiro atoms. The van der Waals surface area contributed by atoms with E-state index in [1.54, 1.807) is 0 Å². The van der Waals surface area contributed by atoms with Gasteiger partial charge in [-0.05, 0) is 18.1 Å². The number of aryl methyl sites for hydroxylation is 1. The highest BCUT2D eigenvalue weighted by Crippen LogP contribution is 2.27. The van der Waals surface area contributed by atoms with Crippen LogP contribution in [0.15, 0.2) is 41.1 Å². The molecule has 0 radical (unpaired) electrons. The normalized spacial score (nSPS) is 10.7. The molecule has 0 bridgehead atoms. The number of anilines is 1. The molecular formula is C14H13N5O. The fourth-order valence-corrected chi connectivity index (χ4v) is 1.98. The van der Waals surface area contributed by atoms with Crippen LogP contribution in [0.25, 0.3) is 23.0 Å². The van der Waals surface area contributed by atoms with Crippen molar-refractivity contribution in [2.75, 3.05) is 5.73 Å². The van der Waals surface area contributed by atoms with Crippen LogP contribution in [-0.4, -0.2) is 20.2 Å². The van der Waals surface area contributed by atoms with E-state index in [0.29, 0.717) is 11.6 Å². The molecule has 0 aliphatic carbocycles. The van der Waals surface area contributed by atoms with Gasteiger partial charge in [0.1, 0.15) is 0 Å². The molecule has 0 aliphatic rings. The van der Waals surface area contributed by atoms with E-state index in [1.165, 1.54) is 12.4 Å². The second-order valence-electron chi connectivity index (χ2n) is 4.21. The molecule has 20 heavy (non-hydrogen) atoms. The molecule has 1 aromatic carbocycles. The molecule has 100 valence electrons. The van der Waals surface area contributed by atoms with Crippen molar-refractivity contribution in [2.45, 2.75) is 13.3 Å². The lowest BCUT2D eigenvalue weighted by Gasteiger charge is -2.02. The summed E-state index contributed by atoms with van der Waals surface area (Å²) >= 11 is 0. The third-order valence-corrected chi connectivity index (χ3v) is 2.98. The first-order valence-corrected chi connectivity index (χ1v) is 6.28. The summed E-state index contributed by atoms with van der Waals surface area (Å²) in [7, 11) is 0. The number of rotatable bonds is 3. The Labute approximate surface area is 115 Å². The lowest BCUT2D eigenvalue weighted by atomic mass is 10.1. The van der Waals surface area contributed by atoms with E-state index in [-0.39, 0.29) is 11.7 Å². The maximum absolute atomic E-state index is 5.76. The number of nitrogens with zero attached hydrogens (tertiary/aromatic N) is 4. The minimum Gasteiger partial charge on any atom is -0.414 e. The van der Waals surface area contributed by atoms with E-state index in [4.69, 9.17) is 10.2 Å². The average molecular weight is 267 g/mol. The van der Waals surface area contributed by atoms with Crippen LogP contribution in [-0.2, 0) is 6.42 Å². The SMILES string of the molecule is CCc1ccccc1-c1nnc(-c2nccnc2N)o1. The number of nitrogens with two attached hydrogens (primary N) is 1. The Hall–Kier alpha value is -2.76. The van der Waals surface area contributed by atoms with E-state index in [0.717, 1.165) is 17.5 Å². The summed E-state index contributed by atoms with van der Waals surface area (Å²) in [5.41, 5.74) is 8.23. The first-order chi connectivity index (χ1) is 9.79. The van der Waals surface area contributed by atoms with Gasteiger partial charge in [0.25, 0.3) is 5.89 Å². The monoisotopic (exact) mass is 267 g/mol. The number of aromatic nitrogens is 4. The van der Waals surface area contributed by atoms with E-state index < -0.39 is 0 Å². The molecule has 0 fully saturated rings. The Kier molecular flexibility index (Phi) is 3.12. The molecule has 0 aliphatic heterocycles. The standard InChI is InChI=1S/C14H13N5O/c1-2-9-5-3-4-6-10(9)13-18-19-14(20-13)11-12(15)17-8-7-16-11/h3-8H,2H2,1H3,(H2,15,17). The highest BCUT2D eigenvalue weighted by atomic mass is 16.4. The second-order valence-corrected chi connectivity index (χ2v) is 4.21. The number of benzene rings is 1. The molecule has 0 amide bonds. The first-order valence-electron chi connectivity index (χ1n) is 6.28. The molecule has 2 aromatic heterocycles. The molecule has 0 atom stereocenters. The van der Waals surface area contributed by atoms with Crippen molar-refractivity contribution in [1.29, 1.82) is 0 Å². The molecule has 3 rings (SSSR count). The molecule has 0 saturated heterocycles. The number of hydrogen-bond donors (Lipinski definition) is 1. The van der Waals surface area contributed by atoms with Crippen molar-refractivity contribution in [3.63, 3.8) is 0 Å². The molecule has 0 saturated carbocycles. The zero-order chi connectivity index (χ0) is 13.9. The molecular weight excluding hydrogens is 254 g/mol. The lowest BCUT2D eigenvalue weighted by molar-refractivity contribution is 0.581. The van der Waals surface area contributed by atoms with Gasteiger partial charge in [0, 0.05) is 18.0 Å². The van der Waals surface area contributed by atoms with E-state index in [1.807, 2.05) is 24.3 Å². The summed E-state index contributed by atoms with van der Waals surface area (Å²) in [5.74, 6) is 1.01. The Bertz CT molecular complexity index is 738. The smallest absolute Gasteiger partial charge is 0.270 e. The minimum atomic E-state index is 0.270. The van der Waals surface area contributed by atoms with Crippen molar-refractivity contribution >= 4 is 5.82 Å². The van der Waals surface area contributed by atoms with Crippen molar-refractivity contribution in [3.05, 3.63) is 42.2 Å². The predicted octanol–water partition coefficient (Wildman–Crippen LogP) is 2.34. The maximum Gasteiger partial charge on any atom is 0.270 e. The van der Waals surface area contributed by atoms with Gasteiger partial charge < -0.3 is 10.2 Å². The topological polar surface area (TPSA) is 90.7 Å². The second kappa shape index (κ2) is 5.08. The van der Waals surface area contributed by atoms with Crippen LogP contribution in [0, 0.1) is 0 Å². The maximum atomic E-state index is 5.76. The van der Waals surface area contributed by atoms with E-state index >= 15 is 0 Å². The molecule has 2 N–H and O–H groups in total. The molecule has 3 aromatic rings. The zero-order valence-electron chi connectivity index (χ0n) is 10.9. The summed E-state index contributed by atoms with van der Waals surface area (Å²) in [6, 6.07) is 7.92. The van der Waals surface area contributed by atoms with Gasteiger partial charge in [0.05, 0.1) is 0 Å². The van der Waals surface area contributed by atoms with Crippen LogP contribution < -0.4 is 5.73 Å². The van der Waals surface area contributed by atoms with Gasteiger partial charge in [-0.2, -0.15) is 0 Å². The summed E-state index contributed by atoms with van der Waals surface area (Å²) in [4.78, 5) is 8.07. The minimum absolute atomic E-state index is 0.270. The molecule has 6 nitrogen and oxygen atoms in total. The van der Waals surface area contributed by atoms with Gasteiger partial charge in [0.15, 0.2) is 11.5 Å². The fraction of sp³-hybridized carbons (Fsp3) is 0.143. The lowest BCUT2D eigenvalue weighted by Crippen LogP contribution is -1.95.